The van der Waals surface area contributed by atoms with Crippen molar-refractivity contribution in [3.63, 3.8) is 0 Å². The Labute approximate surface area is 109 Å². The number of ether oxygens (including phenoxy) is 1. The van der Waals surface area contributed by atoms with Gasteiger partial charge in [0.05, 0.1) is 18.3 Å². The highest BCUT2D eigenvalue weighted by Crippen LogP contribution is 2.14. The summed E-state index contributed by atoms with van der Waals surface area (Å²) >= 11 is 11.4. The van der Waals surface area contributed by atoms with Crippen LogP contribution in [0.15, 0.2) is 6.07 Å². The van der Waals surface area contributed by atoms with Gasteiger partial charge in [0.2, 0.25) is 0 Å². The van der Waals surface area contributed by atoms with Gasteiger partial charge in [-0.3, -0.25) is 4.79 Å². The number of hydrogen-bond acceptors (Lipinski definition) is 4. The zero-order valence-corrected chi connectivity index (χ0v) is 11.0. The van der Waals surface area contributed by atoms with Crippen LogP contribution >= 0.6 is 23.2 Å². The maximum Gasteiger partial charge on any atom is 0.254 e. The van der Waals surface area contributed by atoms with Gasteiger partial charge in [-0.1, -0.05) is 23.2 Å². The molecule has 1 N–H and O–H groups in total. The van der Waals surface area contributed by atoms with Crippen LogP contribution in [-0.4, -0.2) is 35.4 Å². The molecule has 0 aliphatic carbocycles. The molecule has 7 heteroatoms. The average Bonchev–Trinajstić information content (AvgIpc) is 2.27. The Morgan fingerprint density at radius 3 is 2.82 bits per heavy atom. The maximum atomic E-state index is 11.7. The van der Waals surface area contributed by atoms with Crippen LogP contribution in [0.1, 0.15) is 24.2 Å². The molecule has 5 nitrogen and oxygen atoms in total. The fourth-order valence-electron chi connectivity index (χ4n) is 1.07. The zero-order valence-electron chi connectivity index (χ0n) is 9.54. The molecule has 0 aromatic carbocycles. The lowest BCUT2D eigenvalue weighted by Gasteiger charge is -2.09. The third-order valence-electron chi connectivity index (χ3n) is 1.80. The van der Waals surface area contributed by atoms with Crippen LogP contribution in [0.3, 0.4) is 0 Å². The summed E-state index contributed by atoms with van der Waals surface area (Å²) in [5, 5.41) is 9.86. The molecule has 0 fully saturated rings. The third kappa shape index (κ3) is 4.85. The quantitative estimate of drug-likeness (QED) is 0.836. The molecule has 1 heterocycles. The zero-order chi connectivity index (χ0) is 12.8. The Morgan fingerprint density at radius 2 is 2.18 bits per heavy atom. The van der Waals surface area contributed by atoms with Gasteiger partial charge < -0.3 is 10.1 Å². The Bertz CT molecular complexity index is 399. The molecule has 0 unspecified atom stereocenters. The lowest BCUT2D eigenvalue weighted by molar-refractivity contribution is 0.0746. The molecule has 0 saturated heterocycles. The molecular weight excluding hydrogens is 265 g/mol. The Morgan fingerprint density at radius 1 is 1.47 bits per heavy atom. The molecule has 1 aromatic heterocycles. The van der Waals surface area contributed by atoms with E-state index in [-0.39, 0.29) is 27.9 Å². The highest BCUT2D eigenvalue weighted by atomic mass is 35.5. The first-order chi connectivity index (χ1) is 8.00. The van der Waals surface area contributed by atoms with Gasteiger partial charge in [0, 0.05) is 6.54 Å². The molecule has 0 bridgehead atoms. The van der Waals surface area contributed by atoms with Crippen molar-refractivity contribution < 1.29 is 9.53 Å². The summed E-state index contributed by atoms with van der Waals surface area (Å²) in [5.74, 6) is -0.348. The predicted octanol–water partition coefficient (Wildman–Crippen LogP) is 1.94. The monoisotopic (exact) mass is 277 g/mol. The number of aromatic nitrogens is 2. The van der Waals surface area contributed by atoms with Gasteiger partial charge >= 0.3 is 0 Å². The number of rotatable bonds is 5. The van der Waals surface area contributed by atoms with E-state index in [1.54, 1.807) is 0 Å². The van der Waals surface area contributed by atoms with E-state index in [0.29, 0.717) is 13.2 Å². The van der Waals surface area contributed by atoms with E-state index in [1.807, 2.05) is 13.8 Å². The van der Waals surface area contributed by atoms with E-state index in [4.69, 9.17) is 27.9 Å². The van der Waals surface area contributed by atoms with Crippen molar-refractivity contribution in [1.82, 2.24) is 15.5 Å². The molecule has 0 spiro atoms. The Kier molecular flexibility index (Phi) is 5.61. The van der Waals surface area contributed by atoms with E-state index in [0.717, 1.165) is 0 Å². The summed E-state index contributed by atoms with van der Waals surface area (Å²) in [4.78, 5) is 11.7. The second-order valence-corrected chi connectivity index (χ2v) is 4.29. The van der Waals surface area contributed by atoms with E-state index < -0.39 is 0 Å². The average molecular weight is 278 g/mol. The molecule has 1 aromatic rings. The van der Waals surface area contributed by atoms with Crippen LogP contribution in [0.5, 0.6) is 0 Å². The normalized spacial score (nSPS) is 10.6. The van der Waals surface area contributed by atoms with Gasteiger partial charge in [-0.05, 0) is 19.9 Å². The lowest BCUT2D eigenvalue weighted by atomic mass is 10.3. The second kappa shape index (κ2) is 6.74. The predicted molar refractivity (Wildman–Crippen MR) is 65.5 cm³/mol. The van der Waals surface area contributed by atoms with Crippen LogP contribution in [0.4, 0.5) is 0 Å². The molecule has 1 rings (SSSR count). The van der Waals surface area contributed by atoms with Crippen molar-refractivity contribution in [3.8, 4) is 0 Å². The number of carbonyl (C=O) groups is 1. The minimum absolute atomic E-state index is 0.0247. The first-order valence-electron chi connectivity index (χ1n) is 5.09. The van der Waals surface area contributed by atoms with E-state index in [9.17, 15) is 4.79 Å². The Balaban J connectivity index is 2.49. The number of carbonyl (C=O) groups excluding carboxylic acids is 1. The first-order valence-corrected chi connectivity index (χ1v) is 5.85. The summed E-state index contributed by atoms with van der Waals surface area (Å²) < 4.78 is 5.28. The van der Waals surface area contributed by atoms with Crippen molar-refractivity contribution >= 4 is 29.1 Å². The van der Waals surface area contributed by atoms with Crippen LogP contribution in [0, 0.1) is 0 Å². The smallest absolute Gasteiger partial charge is 0.254 e. The van der Waals surface area contributed by atoms with Crippen molar-refractivity contribution in [1.29, 1.82) is 0 Å². The molecule has 0 aliphatic rings. The van der Waals surface area contributed by atoms with Crippen molar-refractivity contribution in [2.24, 2.45) is 0 Å². The summed E-state index contributed by atoms with van der Waals surface area (Å²) in [5.41, 5.74) is 0.205. The second-order valence-electron chi connectivity index (χ2n) is 3.55. The standard InChI is InChI=1S/C10H13Cl2N3O2/c1-6(2)17-4-3-13-10(16)7-5-8(11)14-15-9(7)12/h5-6H,3-4H2,1-2H3,(H,13,16). The molecule has 0 atom stereocenters. The van der Waals surface area contributed by atoms with Gasteiger partial charge in [-0.15, -0.1) is 10.2 Å². The number of nitrogens with zero attached hydrogens (tertiary/aromatic N) is 2. The summed E-state index contributed by atoms with van der Waals surface area (Å²) in [6.07, 6.45) is 0.132. The van der Waals surface area contributed by atoms with Gasteiger partial charge in [0.15, 0.2) is 10.3 Å². The minimum atomic E-state index is -0.348. The molecule has 0 saturated carbocycles. The first kappa shape index (κ1) is 14.2. The number of halogens is 2. The summed E-state index contributed by atoms with van der Waals surface area (Å²) in [7, 11) is 0. The van der Waals surface area contributed by atoms with Gasteiger partial charge in [-0.25, -0.2) is 0 Å². The van der Waals surface area contributed by atoms with E-state index >= 15 is 0 Å². The van der Waals surface area contributed by atoms with Gasteiger partial charge in [0.1, 0.15) is 0 Å². The molecule has 0 radical (unpaired) electrons. The van der Waals surface area contributed by atoms with Crippen molar-refractivity contribution in [2.45, 2.75) is 20.0 Å². The SMILES string of the molecule is CC(C)OCCNC(=O)c1cc(Cl)nnc1Cl. The van der Waals surface area contributed by atoms with E-state index in [1.165, 1.54) is 6.07 Å². The number of hydrogen-bond donors (Lipinski definition) is 1. The number of nitrogens with one attached hydrogen (secondary N) is 1. The fraction of sp³-hybridized carbons (Fsp3) is 0.500. The van der Waals surface area contributed by atoms with Crippen molar-refractivity contribution in [2.75, 3.05) is 13.2 Å². The summed E-state index contributed by atoms with van der Waals surface area (Å²) in [6.45, 7) is 4.68. The van der Waals surface area contributed by atoms with Crippen LogP contribution in [0.25, 0.3) is 0 Å². The highest BCUT2D eigenvalue weighted by Gasteiger charge is 2.12. The van der Waals surface area contributed by atoms with Crippen LogP contribution < -0.4 is 5.32 Å². The largest absolute Gasteiger partial charge is 0.377 e. The molecule has 94 valence electrons. The number of amides is 1. The van der Waals surface area contributed by atoms with Crippen LogP contribution in [-0.2, 0) is 4.74 Å². The third-order valence-corrected chi connectivity index (χ3v) is 2.27. The molecule has 0 aliphatic heterocycles. The molecule has 17 heavy (non-hydrogen) atoms. The van der Waals surface area contributed by atoms with Crippen molar-refractivity contribution in [3.05, 3.63) is 21.9 Å². The highest BCUT2D eigenvalue weighted by molar-refractivity contribution is 6.34. The molecule has 1 amide bonds. The topological polar surface area (TPSA) is 64.1 Å². The summed E-state index contributed by atoms with van der Waals surface area (Å²) in [6, 6.07) is 1.37. The van der Waals surface area contributed by atoms with E-state index in [2.05, 4.69) is 15.5 Å². The van der Waals surface area contributed by atoms with Crippen LogP contribution in [0.2, 0.25) is 10.3 Å². The fourth-order valence-corrected chi connectivity index (χ4v) is 1.39. The Hall–Kier alpha value is -0.910. The maximum absolute atomic E-state index is 11.7. The lowest BCUT2D eigenvalue weighted by Crippen LogP contribution is -2.28. The van der Waals surface area contributed by atoms with Gasteiger partial charge in [0.25, 0.3) is 5.91 Å². The minimum Gasteiger partial charge on any atom is -0.377 e. The van der Waals surface area contributed by atoms with Gasteiger partial charge in [-0.2, -0.15) is 0 Å². The molecular formula is C10H13Cl2N3O2.